The number of hydrogen-bond donors (Lipinski definition) is 2. The second-order valence-corrected chi connectivity index (χ2v) is 15.4. The van der Waals surface area contributed by atoms with Crippen LogP contribution in [0.15, 0.2) is 36.9 Å². The average Bonchev–Trinajstić information content (AvgIpc) is 3.58. The molecule has 3 aromatic heterocycles. The minimum Gasteiger partial charge on any atom is -0.390 e. The first-order valence-electron chi connectivity index (χ1n) is 13.6. The topological polar surface area (TPSA) is 160 Å². The van der Waals surface area contributed by atoms with Gasteiger partial charge >= 0.3 is 0 Å². The SMILES string of the molecule is CC1(O)CCN(c2cc(Nc3ccnc(-c4cnn(S(=O)(=O)C5CC5)c4)n3)ncc2C#CC2CCCS2(=O)=O)CC1. The van der Waals surface area contributed by atoms with Gasteiger partial charge in [-0.3, -0.25) is 0 Å². The minimum absolute atomic E-state index is 0.166. The first kappa shape index (κ1) is 27.6. The molecule has 1 saturated carbocycles. The Labute approximate surface area is 239 Å². The van der Waals surface area contributed by atoms with Crippen LogP contribution in [0.5, 0.6) is 0 Å². The van der Waals surface area contributed by atoms with E-state index < -0.39 is 30.7 Å². The number of aliphatic hydroxyl groups is 1. The lowest BCUT2D eigenvalue weighted by Crippen LogP contribution is -2.42. The van der Waals surface area contributed by atoms with Crippen molar-refractivity contribution in [2.75, 3.05) is 29.1 Å². The molecule has 3 aromatic rings. The lowest BCUT2D eigenvalue weighted by molar-refractivity contribution is 0.0351. The highest BCUT2D eigenvalue weighted by Crippen LogP contribution is 2.32. The summed E-state index contributed by atoms with van der Waals surface area (Å²) in [6.45, 7) is 3.05. The molecule has 1 atom stereocenters. The van der Waals surface area contributed by atoms with Crippen LogP contribution in [0, 0.1) is 11.8 Å². The second kappa shape index (κ2) is 10.4. The van der Waals surface area contributed by atoms with E-state index in [1.807, 2.05) is 13.0 Å². The zero-order valence-electron chi connectivity index (χ0n) is 22.6. The Bertz CT molecular complexity index is 1750. The molecule has 3 aliphatic rings. The van der Waals surface area contributed by atoms with Crippen molar-refractivity contribution in [2.24, 2.45) is 0 Å². The van der Waals surface area contributed by atoms with Crippen LogP contribution in [-0.2, 0) is 19.9 Å². The number of anilines is 3. The van der Waals surface area contributed by atoms with Crippen molar-refractivity contribution in [3.63, 3.8) is 0 Å². The molecule has 3 fully saturated rings. The molecule has 5 heterocycles. The zero-order chi connectivity index (χ0) is 28.8. The summed E-state index contributed by atoms with van der Waals surface area (Å²) in [5.41, 5.74) is 1.14. The summed E-state index contributed by atoms with van der Waals surface area (Å²) < 4.78 is 50.6. The summed E-state index contributed by atoms with van der Waals surface area (Å²) in [6.07, 6.45) is 9.64. The van der Waals surface area contributed by atoms with Gasteiger partial charge < -0.3 is 15.3 Å². The predicted octanol–water partition coefficient (Wildman–Crippen LogP) is 2.10. The van der Waals surface area contributed by atoms with Gasteiger partial charge in [0.25, 0.3) is 10.0 Å². The van der Waals surface area contributed by atoms with E-state index in [2.05, 4.69) is 42.1 Å². The van der Waals surface area contributed by atoms with Crippen molar-refractivity contribution in [3.8, 4) is 23.2 Å². The first-order valence-corrected chi connectivity index (χ1v) is 16.8. The number of sulfone groups is 1. The Balaban J connectivity index is 1.27. The highest BCUT2D eigenvalue weighted by Gasteiger charge is 2.38. The Morgan fingerprint density at radius 3 is 2.61 bits per heavy atom. The van der Waals surface area contributed by atoms with Gasteiger partial charge in [0, 0.05) is 31.5 Å². The third-order valence-electron chi connectivity index (χ3n) is 7.70. The Kier molecular flexibility index (Phi) is 6.99. The van der Waals surface area contributed by atoms with Gasteiger partial charge in [0.05, 0.1) is 45.8 Å². The van der Waals surface area contributed by atoms with Crippen molar-refractivity contribution >= 4 is 37.2 Å². The van der Waals surface area contributed by atoms with E-state index in [4.69, 9.17) is 0 Å². The van der Waals surface area contributed by atoms with Crippen LogP contribution in [0.4, 0.5) is 17.3 Å². The fourth-order valence-electron chi connectivity index (χ4n) is 4.99. The van der Waals surface area contributed by atoms with Gasteiger partial charge in [0.1, 0.15) is 16.9 Å². The normalized spacial score (nSPS) is 21.7. The molecule has 0 bridgehead atoms. The highest BCUT2D eigenvalue weighted by atomic mass is 32.2. The summed E-state index contributed by atoms with van der Waals surface area (Å²) in [5, 5.41) is 16.6. The third kappa shape index (κ3) is 5.93. The van der Waals surface area contributed by atoms with E-state index in [0.717, 1.165) is 9.77 Å². The predicted molar refractivity (Wildman–Crippen MR) is 154 cm³/mol. The minimum atomic E-state index is -3.50. The number of pyridine rings is 1. The fourth-order valence-corrected chi connectivity index (χ4v) is 8.08. The van der Waals surface area contributed by atoms with Crippen LogP contribution < -0.4 is 10.2 Å². The van der Waals surface area contributed by atoms with Gasteiger partial charge in [0.2, 0.25) is 0 Å². The molecule has 1 aliphatic carbocycles. The lowest BCUT2D eigenvalue weighted by Gasteiger charge is -2.37. The molecule has 12 nitrogen and oxygen atoms in total. The van der Waals surface area contributed by atoms with Gasteiger partial charge in [-0.1, -0.05) is 11.8 Å². The summed E-state index contributed by atoms with van der Waals surface area (Å²) in [4.78, 5) is 15.4. The molecule has 41 heavy (non-hydrogen) atoms. The molecule has 0 radical (unpaired) electrons. The summed E-state index contributed by atoms with van der Waals surface area (Å²) in [7, 11) is -6.70. The molecule has 6 rings (SSSR count). The molecule has 216 valence electrons. The van der Waals surface area contributed by atoms with Gasteiger partial charge in [0.15, 0.2) is 15.7 Å². The summed E-state index contributed by atoms with van der Waals surface area (Å²) in [6, 6.07) is 3.52. The first-order chi connectivity index (χ1) is 19.5. The van der Waals surface area contributed by atoms with Crippen molar-refractivity contribution in [1.29, 1.82) is 0 Å². The van der Waals surface area contributed by atoms with Gasteiger partial charge in [-0.05, 0) is 51.5 Å². The van der Waals surface area contributed by atoms with Crippen molar-refractivity contribution in [3.05, 3.63) is 42.5 Å². The molecular weight excluding hydrogens is 566 g/mol. The van der Waals surface area contributed by atoms with Crippen LogP contribution in [0.3, 0.4) is 0 Å². The zero-order valence-corrected chi connectivity index (χ0v) is 24.2. The van der Waals surface area contributed by atoms with E-state index >= 15 is 0 Å². The van der Waals surface area contributed by atoms with E-state index in [9.17, 15) is 21.9 Å². The Morgan fingerprint density at radius 2 is 1.90 bits per heavy atom. The van der Waals surface area contributed by atoms with Crippen LogP contribution in [-0.4, -0.2) is 81.0 Å². The largest absolute Gasteiger partial charge is 0.390 e. The standard InChI is InChI=1S/C27H31N7O5S2/c1-27(35)9-12-33(13-10-27)23-15-25(29-16-19(23)4-5-21-3-2-14-40(21,36)37)31-24-8-11-28-26(32-24)20-17-30-34(18-20)41(38,39)22-6-7-22/h8,11,15-18,21-22,35H,2-3,6-7,9-10,12-14H2,1H3,(H,28,29,31,32). The average molecular weight is 598 g/mol. The maximum Gasteiger partial charge on any atom is 0.256 e. The maximum absolute atomic E-state index is 12.5. The van der Waals surface area contributed by atoms with Gasteiger partial charge in [-0.25, -0.2) is 31.8 Å². The number of rotatable bonds is 6. The van der Waals surface area contributed by atoms with E-state index in [1.165, 1.54) is 12.4 Å². The van der Waals surface area contributed by atoms with E-state index in [0.29, 0.717) is 80.2 Å². The van der Waals surface area contributed by atoms with E-state index in [1.54, 1.807) is 18.5 Å². The van der Waals surface area contributed by atoms with E-state index in [-0.39, 0.29) is 11.0 Å². The molecule has 2 aliphatic heterocycles. The van der Waals surface area contributed by atoms with Crippen LogP contribution in [0.1, 0.15) is 51.0 Å². The van der Waals surface area contributed by atoms with Gasteiger partial charge in [-0.15, -0.1) is 0 Å². The van der Waals surface area contributed by atoms with Crippen LogP contribution in [0.25, 0.3) is 11.4 Å². The lowest BCUT2D eigenvalue weighted by atomic mass is 9.93. The molecule has 2 N–H and O–H groups in total. The molecule has 14 heteroatoms. The molecule has 2 saturated heterocycles. The summed E-state index contributed by atoms with van der Waals surface area (Å²) >= 11 is 0. The molecular formula is C27H31N7O5S2. The smallest absolute Gasteiger partial charge is 0.256 e. The van der Waals surface area contributed by atoms with Crippen molar-refractivity contribution < 1.29 is 21.9 Å². The maximum atomic E-state index is 12.5. The fraction of sp³-hybridized carbons (Fsp3) is 0.481. The highest BCUT2D eigenvalue weighted by molar-refractivity contribution is 7.92. The Morgan fingerprint density at radius 1 is 1.12 bits per heavy atom. The summed E-state index contributed by atoms with van der Waals surface area (Å²) in [5.74, 6) is 7.44. The number of piperidine rings is 1. The molecule has 0 aromatic carbocycles. The van der Waals surface area contributed by atoms with Crippen molar-refractivity contribution in [2.45, 2.75) is 61.5 Å². The Hall–Kier alpha value is -3.54. The molecule has 1 unspecified atom stereocenters. The molecule has 0 spiro atoms. The molecule has 0 amide bonds. The van der Waals surface area contributed by atoms with Crippen molar-refractivity contribution in [1.82, 2.24) is 24.1 Å². The third-order valence-corrected chi connectivity index (χ3v) is 11.8. The van der Waals surface area contributed by atoms with Crippen LogP contribution in [0.2, 0.25) is 0 Å². The number of nitrogens with one attached hydrogen (secondary N) is 1. The number of nitrogens with zero attached hydrogens (tertiary/aromatic N) is 6. The van der Waals surface area contributed by atoms with Gasteiger partial charge in [-0.2, -0.15) is 9.19 Å². The number of aromatic nitrogens is 5. The quantitative estimate of drug-likeness (QED) is 0.401. The second-order valence-electron chi connectivity index (χ2n) is 11.1. The monoisotopic (exact) mass is 597 g/mol. The number of hydrogen-bond acceptors (Lipinski definition) is 11. The van der Waals surface area contributed by atoms with Crippen LogP contribution >= 0.6 is 0 Å².